The first-order chi connectivity index (χ1) is 4.22. The summed E-state index contributed by atoms with van der Waals surface area (Å²) in [6, 6.07) is 0.131. The van der Waals surface area contributed by atoms with E-state index in [0.29, 0.717) is 5.78 Å². The zero-order valence-corrected chi connectivity index (χ0v) is 5.76. The summed E-state index contributed by atoms with van der Waals surface area (Å²) < 4.78 is 0. The maximum absolute atomic E-state index is 10.9. The first kappa shape index (κ1) is 6.75. The molecule has 1 aliphatic rings. The van der Waals surface area contributed by atoms with Crippen LogP contribution in [-0.4, -0.2) is 11.8 Å². The molecule has 1 aliphatic carbocycles. The fourth-order valence-electron chi connectivity index (χ4n) is 1.23. The van der Waals surface area contributed by atoms with Gasteiger partial charge in [0, 0.05) is 18.4 Å². The van der Waals surface area contributed by atoms with Crippen molar-refractivity contribution in [3.63, 3.8) is 0 Å². The van der Waals surface area contributed by atoms with Gasteiger partial charge in [0.25, 0.3) is 0 Å². The average molecular weight is 127 g/mol. The van der Waals surface area contributed by atoms with Crippen molar-refractivity contribution in [1.29, 1.82) is 0 Å². The highest BCUT2D eigenvalue weighted by atomic mass is 16.1. The minimum atomic E-state index is 0.110. The summed E-state index contributed by atoms with van der Waals surface area (Å²) in [5.41, 5.74) is 5.65. The Morgan fingerprint density at radius 1 is 1.67 bits per heavy atom. The van der Waals surface area contributed by atoms with Gasteiger partial charge in [-0.3, -0.25) is 4.79 Å². The number of nitrogens with two attached hydrogens (primary N) is 1. The van der Waals surface area contributed by atoms with Crippen LogP contribution >= 0.6 is 0 Å². The zero-order valence-electron chi connectivity index (χ0n) is 5.76. The molecule has 2 nitrogen and oxygen atoms in total. The first-order valence-corrected chi connectivity index (χ1v) is 3.50. The van der Waals surface area contributed by atoms with Gasteiger partial charge < -0.3 is 5.73 Å². The molecule has 0 amide bonds. The van der Waals surface area contributed by atoms with E-state index in [9.17, 15) is 4.79 Å². The van der Waals surface area contributed by atoms with Crippen molar-refractivity contribution >= 4 is 5.78 Å². The van der Waals surface area contributed by atoms with Gasteiger partial charge in [-0.1, -0.05) is 6.92 Å². The third-order valence-corrected chi connectivity index (χ3v) is 2.11. The van der Waals surface area contributed by atoms with Crippen LogP contribution in [0.25, 0.3) is 0 Å². The summed E-state index contributed by atoms with van der Waals surface area (Å²) in [6.45, 7) is 1.92. The third-order valence-electron chi connectivity index (χ3n) is 2.11. The van der Waals surface area contributed by atoms with Gasteiger partial charge in [0.05, 0.1) is 0 Å². The Balaban J connectivity index is 2.51. The van der Waals surface area contributed by atoms with E-state index in [2.05, 4.69) is 0 Å². The fraction of sp³-hybridized carbons (Fsp3) is 0.857. The SMILES string of the molecule is C[C@H]1C(=O)CCC[C@@H]1N. The molecule has 0 aromatic heterocycles. The van der Waals surface area contributed by atoms with E-state index >= 15 is 0 Å². The minimum Gasteiger partial charge on any atom is -0.327 e. The van der Waals surface area contributed by atoms with Gasteiger partial charge in [-0.05, 0) is 12.8 Å². The van der Waals surface area contributed by atoms with Crippen molar-refractivity contribution in [2.75, 3.05) is 0 Å². The van der Waals surface area contributed by atoms with Crippen LogP contribution < -0.4 is 5.73 Å². The van der Waals surface area contributed by atoms with Crippen LogP contribution in [0.5, 0.6) is 0 Å². The molecule has 2 N–H and O–H groups in total. The van der Waals surface area contributed by atoms with Gasteiger partial charge in [-0.15, -0.1) is 0 Å². The summed E-state index contributed by atoms with van der Waals surface area (Å²) in [5, 5.41) is 0. The summed E-state index contributed by atoms with van der Waals surface area (Å²) in [7, 11) is 0. The van der Waals surface area contributed by atoms with Gasteiger partial charge in [0.1, 0.15) is 5.78 Å². The van der Waals surface area contributed by atoms with Gasteiger partial charge in [0.15, 0.2) is 0 Å². The molecule has 0 bridgehead atoms. The van der Waals surface area contributed by atoms with E-state index in [1.54, 1.807) is 0 Å². The number of rotatable bonds is 0. The molecule has 9 heavy (non-hydrogen) atoms. The molecule has 52 valence electrons. The monoisotopic (exact) mass is 127 g/mol. The smallest absolute Gasteiger partial charge is 0.137 e. The second-order valence-corrected chi connectivity index (χ2v) is 2.81. The van der Waals surface area contributed by atoms with E-state index in [-0.39, 0.29) is 12.0 Å². The minimum absolute atomic E-state index is 0.110. The number of hydrogen-bond donors (Lipinski definition) is 1. The van der Waals surface area contributed by atoms with Crippen LogP contribution in [0.2, 0.25) is 0 Å². The van der Waals surface area contributed by atoms with Crippen LogP contribution in [0.15, 0.2) is 0 Å². The van der Waals surface area contributed by atoms with Gasteiger partial charge in [0.2, 0.25) is 0 Å². The van der Waals surface area contributed by atoms with Crippen LogP contribution in [0.3, 0.4) is 0 Å². The van der Waals surface area contributed by atoms with Crippen LogP contribution in [-0.2, 0) is 4.79 Å². The average Bonchev–Trinajstić information content (AvgIpc) is 1.83. The van der Waals surface area contributed by atoms with E-state index in [4.69, 9.17) is 5.73 Å². The van der Waals surface area contributed by atoms with Crippen molar-refractivity contribution in [1.82, 2.24) is 0 Å². The van der Waals surface area contributed by atoms with Crippen LogP contribution in [0.1, 0.15) is 26.2 Å². The van der Waals surface area contributed by atoms with Crippen LogP contribution in [0.4, 0.5) is 0 Å². The Labute approximate surface area is 55.4 Å². The lowest BCUT2D eigenvalue weighted by Gasteiger charge is -2.23. The Hall–Kier alpha value is -0.370. The molecule has 2 heteroatoms. The second kappa shape index (κ2) is 2.48. The van der Waals surface area contributed by atoms with Gasteiger partial charge >= 0.3 is 0 Å². The molecule has 0 unspecified atom stereocenters. The predicted octanol–water partition coefficient (Wildman–Crippen LogP) is 0.703. The second-order valence-electron chi connectivity index (χ2n) is 2.81. The number of hydrogen-bond acceptors (Lipinski definition) is 2. The van der Waals surface area contributed by atoms with E-state index in [1.165, 1.54) is 0 Å². The molecule has 1 rings (SSSR count). The molecule has 0 heterocycles. The molecular formula is C7H13NO. The number of carbonyl (C=O) groups excluding carboxylic acids is 1. The lowest BCUT2D eigenvalue weighted by molar-refractivity contribution is -0.124. The molecule has 0 saturated heterocycles. The van der Waals surface area contributed by atoms with Crippen molar-refractivity contribution in [2.24, 2.45) is 11.7 Å². The highest BCUT2D eigenvalue weighted by Crippen LogP contribution is 2.18. The lowest BCUT2D eigenvalue weighted by atomic mass is 9.85. The molecule has 0 aliphatic heterocycles. The van der Waals surface area contributed by atoms with Crippen molar-refractivity contribution in [2.45, 2.75) is 32.2 Å². The van der Waals surface area contributed by atoms with E-state index < -0.39 is 0 Å². The molecule has 1 fully saturated rings. The van der Waals surface area contributed by atoms with E-state index in [1.807, 2.05) is 6.92 Å². The third kappa shape index (κ3) is 1.30. The standard InChI is InChI=1S/C7H13NO/c1-5-6(8)3-2-4-7(5)9/h5-6H,2-4,8H2,1H3/t5-,6+/m1/s1. The molecule has 0 spiro atoms. The van der Waals surface area contributed by atoms with Gasteiger partial charge in [-0.25, -0.2) is 0 Å². The normalized spacial score (nSPS) is 36.9. The molecule has 0 radical (unpaired) electrons. The summed E-state index contributed by atoms with van der Waals surface area (Å²) in [6.07, 6.45) is 2.76. The number of carbonyl (C=O) groups is 1. The largest absolute Gasteiger partial charge is 0.327 e. The van der Waals surface area contributed by atoms with Crippen LogP contribution in [0, 0.1) is 5.92 Å². The predicted molar refractivity (Wildman–Crippen MR) is 36.0 cm³/mol. The topological polar surface area (TPSA) is 43.1 Å². The van der Waals surface area contributed by atoms with Gasteiger partial charge in [-0.2, -0.15) is 0 Å². The van der Waals surface area contributed by atoms with Crippen molar-refractivity contribution in [3.05, 3.63) is 0 Å². The summed E-state index contributed by atoms with van der Waals surface area (Å²) >= 11 is 0. The molecule has 2 atom stereocenters. The quantitative estimate of drug-likeness (QED) is 0.520. The highest BCUT2D eigenvalue weighted by molar-refractivity contribution is 5.82. The summed E-state index contributed by atoms with van der Waals surface area (Å²) in [5.74, 6) is 0.451. The molecule has 0 aromatic carbocycles. The summed E-state index contributed by atoms with van der Waals surface area (Å²) in [4.78, 5) is 10.9. The lowest BCUT2D eigenvalue weighted by Crippen LogP contribution is -2.36. The Morgan fingerprint density at radius 3 is 2.78 bits per heavy atom. The molecule has 1 saturated carbocycles. The number of ketones is 1. The zero-order chi connectivity index (χ0) is 6.85. The van der Waals surface area contributed by atoms with Crippen molar-refractivity contribution in [3.8, 4) is 0 Å². The van der Waals surface area contributed by atoms with E-state index in [0.717, 1.165) is 19.3 Å². The Bertz CT molecular complexity index is 122. The highest BCUT2D eigenvalue weighted by Gasteiger charge is 2.24. The molecular weight excluding hydrogens is 114 g/mol. The Kier molecular flexibility index (Phi) is 1.86. The molecule has 0 aromatic rings. The Morgan fingerprint density at radius 2 is 2.33 bits per heavy atom. The van der Waals surface area contributed by atoms with Crippen molar-refractivity contribution < 1.29 is 4.79 Å². The maximum Gasteiger partial charge on any atom is 0.137 e. The number of Topliss-reactive ketones (excluding diaryl/α,β-unsaturated/α-hetero) is 1. The maximum atomic E-state index is 10.9. The fourth-order valence-corrected chi connectivity index (χ4v) is 1.23. The first-order valence-electron chi connectivity index (χ1n) is 3.50.